The van der Waals surface area contributed by atoms with Crippen LogP contribution in [0.15, 0.2) is 16.6 Å². The van der Waals surface area contributed by atoms with E-state index >= 15 is 0 Å². The summed E-state index contributed by atoms with van der Waals surface area (Å²) in [5.41, 5.74) is 6.98. The van der Waals surface area contributed by atoms with Gasteiger partial charge in [0, 0.05) is 16.5 Å². The molecule has 1 aromatic carbocycles. The van der Waals surface area contributed by atoms with Crippen molar-refractivity contribution in [2.75, 3.05) is 13.7 Å². The Morgan fingerprint density at radius 1 is 1.53 bits per heavy atom. The van der Waals surface area contributed by atoms with Crippen molar-refractivity contribution < 1.29 is 9.53 Å². The molecule has 0 fully saturated rings. The number of rotatable bonds is 4. The lowest BCUT2D eigenvalue weighted by molar-refractivity contribution is 0.0984. The maximum absolute atomic E-state index is 11.7. The molecule has 1 rings (SSSR count). The van der Waals surface area contributed by atoms with E-state index in [1.165, 1.54) is 0 Å². The quantitative estimate of drug-likeness (QED) is 0.855. The molecule has 0 aliphatic carbocycles. The number of carbonyl (C=O) groups excluding carboxylic acids is 1. The fraction of sp³-hybridized carbons (Fsp3) is 0.364. The van der Waals surface area contributed by atoms with Gasteiger partial charge in [-0.15, -0.1) is 0 Å². The van der Waals surface area contributed by atoms with Crippen molar-refractivity contribution in [3.05, 3.63) is 27.7 Å². The van der Waals surface area contributed by atoms with Crippen molar-refractivity contribution >= 4 is 21.7 Å². The second-order valence-corrected chi connectivity index (χ2v) is 4.06. The summed E-state index contributed by atoms with van der Waals surface area (Å²) in [6.07, 6.45) is 0.352. The lowest BCUT2D eigenvalue weighted by atomic mass is 10.1. The van der Waals surface area contributed by atoms with Crippen LogP contribution in [0.3, 0.4) is 0 Å². The first-order valence-corrected chi connectivity index (χ1v) is 5.46. The van der Waals surface area contributed by atoms with Crippen LogP contribution in [0.5, 0.6) is 5.75 Å². The van der Waals surface area contributed by atoms with E-state index in [0.717, 1.165) is 10.0 Å². The summed E-state index contributed by atoms with van der Waals surface area (Å²) >= 11 is 3.40. The van der Waals surface area contributed by atoms with Crippen LogP contribution in [0.1, 0.15) is 22.3 Å². The van der Waals surface area contributed by atoms with Crippen LogP contribution in [0, 0.1) is 6.92 Å². The number of benzene rings is 1. The Morgan fingerprint density at radius 3 is 2.73 bits per heavy atom. The highest BCUT2D eigenvalue weighted by atomic mass is 79.9. The maximum atomic E-state index is 11.7. The molecule has 0 heterocycles. The fourth-order valence-electron chi connectivity index (χ4n) is 1.32. The van der Waals surface area contributed by atoms with Gasteiger partial charge in [-0.25, -0.2) is 0 Å². The van der Waals surface area contributed by atoms with Crippen molar-refractivity contribution in [1.82, 2.24) is 0 Å². The van der Waals surface area contributed by atoms with Crippen molar-refractivity contribution in [3.8, 4) is 5.75 Å². The Morgan fingerprint density at radius 2 is 2.20 bits per heavy atom. The highest BCUT2D eigenvalue weighted by Gasteiger charge is 2.12. The zero-order valence-corrected chi connectivity index (χ0v) is 10.4. The van der Waals surface area contributed by atoms with Gasteiger partial charge in [0.15, 0.2) is 5.78 Å². The number of halogens is 1. The molecule has 0 aliphatic rings. The average molecular weight is 272 g/mol. The third kappa shape index (κ3) is 2.79. The standard InChI is InChI=1S/C11H14BrNO2/c1-7-5-8(15-2)6-9(11(7)12)10(14)3-4-13/h5-6H,3-4,13H2,1-2H3. The van der Waals surface area contributed by atoms with Gasteiger partial charge in [-0.05, 0) is 47.1 Å². The van der Waals surface area contributed by atoms with E-state index in [9.17, 15) is 4.79 Å². The molecule has 2 N–H and O–H groups in total. The van der Waals surface area contributed by atoms with Gasteiger partial charge in [-0.1, -0.05) is 0 Å². The summed E-state index contributed by atoms with van der Waals surface area (Å²) < 4.78 is 5.94. The Kier molecular flexibility index (Phi) is 4.29. The molecular formula is C11H14BrNO2. The number of ketones is 1. The molecule has 0 saturated heterocycles. The second-order valence-electron chi connectivity index (χ2n) is 3.27. The Balaban J connectivity index is 3.15. The smallest absolute Gasteiger partial charge is 0.165 e. The molecule has 82 valence electrons. The molecule has 0 aromatic heterocycles. The number of ether oxygens (including phenoxy) is 1. The third-order valence-corrected chi connectivity index (χ3v) is 3.19. The number of Topliss-reactive ketones (excluding diaryl/α,β-unsaturated/α-hetero) is 1. The van der Waals surface area contributed by atoms with E-state index < -0.39 is 0 Å². The van der Waals surface area contributed by atoms with Gasteiger partial charge in [0.2, 0.25) is 0 Å². The third-order valence-electron chi connectivity index (χ3n) is 2.14. The van der Waals surface area contributed by atoms with Crippen LogP contribution < -0.4 is 10.5 Å². The van der Waals surface area contributed by atoms with E-state index in [4.69, 9.17) is 10.5 Å². The minimum atomic E-state index is 0.0337. The molecule has 0 aliphatic heterocycles. The monoisotopic (exact) mass is 271 g/mol. The zero-order valence-electron chi connectivity index (χ0n) is 8.84. The second kappa shape index (κ2) is 5.28. The van der Waals surface area contributed by atoms with E-state index in [1.54, 1.807) is 13.2 Å². The van der Waals surface area contributed by atoms with Gasteiger partial charge < -0.3 is 10.5 Å². The summed E-state index contributed by atoms with van der Waals surface area (Å²) in [6, 6.07) is 3.61. The zero-order chi connectivity index (χ0) is 11.4. The largest absolute Gasteiger partial charge is 0.497 e. The van der Waals surface area contributed by atoms with Gasteiger partial charge in [0.1, 0.15) is 5.75 Å². The van der Waals surface area contributed by atoms with E-state index in [2.05, 4.69) is 15.9 Å². The van der Waals surface area contributed by atoms with Crippen LogP contribution in [0.25, 0.3) is 0 Å². The molecule has 1 aromatic rings. The summed E-state index contributed by atoms with van der Waals surface area (Å²) in [6.45, 7) is 2.29. The van der Waals surface area contributed by atoms with E-state index in [1.807, 2.05) is 13.0 Å². The number of carbonyl (C=O) groups is 1. The molecule has 0 amide bonds. The molecule has 0 unspecified atom stereocenters. The fourth-order valence-corrected chi connectivity index (χ4v) is 1.77. The number of methoxy groups -OCH3 is 1. The highest BCUT2D eigenvalue weighted by Crippen LogP contribution is 2.27. The Bertz CT molecular complexity index is 377. The summed E-state index contributed by atoms with van der Waals surface area (Å²) in [5.74, 6) is 0.724. The number of aryl methyl sites for hydroxylation is 1. The van der Waals surface area contributed by atoms with Crippen LogP contribution in [0.2, 0.25) is 0 Å². The van der Waals surface area contributed by atoms with Crippen molar-refractivity contribution in [1.29, 1.82) is 0 Å². The summed E-state index contributed by atoms with van der Waals surface area (Å²) in [4.78, 5) is 11.7. The summed E-state index contributed by atoms with van der Waals surface area (Å²) in [5, 5.41) is 0. The Labute approximate surface area is 97.7 Å². The van der Waals surface area contributed by atoms with Crippen molar-refractivity contribution in [2.24, 2.45) is 5.73 Å². The molecule has 0 radical (unpaired) electrons. The highest BCUT2D eigenvalue weighted by molar-refractivity contribution is 9.10. The molecule has 0 atom stereocenters. The first-order chi connectivity index (χ1) is 7.10. The lowest BCUT2D eigenvalue weighted by Crippen LogP contribution is -2.09. The first kappa shape index (κ1) is 12.2. The minimum Gasteiger partial charge on any atom is -0.497 e. The van der Waals surface area contributed by atoms with Crippen LogP contribution in [-0.2, 0) is 0 Å². The van der Waals surface area contributed by atoms with E-state index in [-0.39, 0.29) is 5.78 Å². The molecule has 15 heavy (non-hydrogen) atoms. The van der Waals surface area contributed by atoms with Gasteiger partial charge in [-0.2, -0.15) is 0 Å². The molecule has 3 nitrogen and oxygen atoms in total. The molecule has 0 bridgehead atoms. The topological polar surface area (TPSA) is 52.3 Å². The first-order valence-electron chi connectivity index (χ1n) is 4.67. The predicted octanol–water partition coefficient (Wildman–Crippen LogP) is 2.30. The number of nitrogens with two attached hydrogens (primary N) is 1. The van der Waals surface area contributed by atoms with E-state index in [0.29, 0.717) is 24.3 Å². The minimum absolute atomic E-state index is 0.0337. The lowest BCUT2D eigenvalue weighted by Gasteiger charge is -2.09. The SMILES string of the molecule is COc1cc(C)c(Br)c(C(=O)CCN)c1. The summed E-state index contributed by atoms with van der Waals surface area (Å²) in [7, 11) is 1.58. The maximum Gasteiger partial charge on any atom is 0.165 e. The Hall–Kier alpha value is -0.870. The number of hydrogen-bond donors (Lipinski definition) is 1. The van der Waals surface area contributed by atoms with Crippen LogP contribution in [0.4, 0.5) is 0 Å². The van der Waals surface area contributed by atoms with Gasteiger partial charge in [0.25, 0.3) is 0 Å². The molecule has 4 heteroatoms. The van der Waals surface area contributed by atoms with Crippen molar-refractivity contribution in [2.45, 2.75) is 13.3 Å². The van der Waals surface area contributed by atoms with Crippen molar-refractivity contribution in [3.63, 3.8) is 0 Å². The normalized spacial score (nSPS) is 10.1. The van der Waals surface area contributed by atoms with Crippen LogP contribution >= 0.6 is 15.9 Å². The molecule has 0 spiro atoms. The molecular weight excluding hydrogens is 258 g/mol. The number of hydrogen-bond acceptors (Lipinski definition) is 3. The van der Waals surface area contributed by atoms with Gasteiger partial charge in [-0.3, -0.25) is 4.79 Å². The molecule has 0 saturated carbocycles. The van der Waals surface area contributed by atoms with Gasteiger partial charge >= 0.3 is 0 Å². The average Bonchev–Trinajstić information content (AvgIpc) is 2.22. The predicted molar refractivity (Wildman–Crippen MR) is 63.4 cm³/mol. The van der Waals surface area contributed by atoms with Gasteiger partial charge in [0.05, 0.1) is 7.11 Å². The van der Waals surface area contributed by atoms with Crippen LogP contribution in [-0.4, -0.2) is 19.4 Å².